The van der Waals surface area contributed by atoms with Crippen molar-refractivity contribution in [2.24, 2.45) is 0 Å². The summed E-state index contributed by atoms with van der Waals surface area (Å²) in [4.78, 5) is 26.8. The van der Waals surface area contributed by atoms with Gasteiger partial charge < -0.3 is 11.1 Å². The Morgan fingerprint density at radius 2 is 2.13 bits per heavy atom. The summed E-state index contributed by atoms with van der Waals surface area (Å²) in [6, 6.07) is 7.28. The number of aromatic amines is 1. The van der Waals surface area contributed by atoms with E-state index in [0.717, 1.165) is 12.8 Å². The lowest BCUT2D eigenvalue weighted by molar-refractivity contribution is -0.120. The summed E-state index contributed by atoms with van der Waals surface area (Å²) >= 11 is 1.17. The van der Waals surface area contributed by atoms with E-state index in [4.69, 9.17) is 5.73 Å². The summed E-state index contributed by atoms with van der Waals surface area (Å²) in [6.07, 6.45) is 2.07. The van der Waals surface area contributed by atoms with Crippen LogP contribution in [-0.4, -0.2) is 32.4 Å². The second-order valence-corrected chi connectivity index (χ2v) is 6.77. The van der Waals surface area contributed by atoms with Crippen molar-refractivity contribution in [2.45, 2.75) is 36.2 Å². The Hall–Kier alpha value is -2.35. The van der Waals surface area contributed by atoms with Crippen LogP contribution in [0.15, 0.2) is 34.2 Å². The molecule has 1 aliphatic carbocycles. The molecule has 0 radical (unpaired) electrons. The molecule has 1 fully saturated rings. The number of para-hydroxylation sites is 1. The van der Waals surface area contributed by atoms with Gasteiger partial charge >= 0.3 is 0 Å². The molecule has 3 rings (SSSR count). The average molecular weight is 331 g/mol. The molecule has 1 saturated carbocycles. The van der Waals surface area contributed by atoms with Crippen LogP contribution >= 0.6 is 11.8 Å². The molecule has 120 valence electrons. The number of hydrogen-bond acceptors (Lipinski definition) is 6. The van der Waals surface area contributed by atoms with Crippen LogP contribution in [0, 0.1) is 0 Å². The van der Waals surface area contributed by atoms with E-state index >= 15 is 0 Å². The molecule has 7 nitrogen and oxygen atoms in total. The highest BCUT2D eigenvalue weighted by molar-refractivity contribution is 8.00. The number of carbonyl (C=O) groups is 1. The van der Waals surface area contributed by atoms with Gasteiger partial charge in [-0.3, -0.25) is 14.6 Å². The first-order chi connectivity index (χ1) is 11.0. The monoisotopic (exact) mass is 331 g/mol. The van der Waals surface area contributed by atoms with Gasteiger partial charge in [0, 0.05) is 17.3 Å². The Kier molecular flexibility index (Phi) is 4.33. The minimum atomic E-state index is -0.379. The second kappa shape index (κ2) is 6.41. The van der Waals surface area contributed by atoms with Crippen molar-refractivity contribution in [3.05, 3.63) is 34.6 Å². The molecule has 4 N–H and O–H groups in total. The van der Waals surface area contributed by atoms with Crippen molar-refractivity contribution in [3.63, 3.8) is 0 Å². The molecule has 0 unspecified atom stereocenters. The highest BCUT2D eigenvalue weighted by Gasteiger charge is 2.26. The van der Waals surface area contributed by atoms with E-state index in [-0.39, 0.29) is 22.4 Å². The Balaban J connectivity index is 1.75. The van der Waals surface area contributed by atoms with Gasteiger partial charge in [-0.1, -0.05) is 30.0 Å². The van der Waals surface area contributed by atoms with Crippen LogP contribution in [-0.2, 0) is 4.79 Å². The number of anilines is 1. The maximum atomic E-state index is 12.2. The lowest BCUT2D eigenvalue weighted by atomic mass is 10.1. The first kappa shape index (κ1) is 15.5. The zero-order valence-corrected chi connectivity index (χ0v) is 13.4. The molecule has 0 spiro atoms. The molecule has 23 heavy (non-hydrogen) atoms. The summed E-state index contributed by atoms with van der Waals surface area (Å²) in [6.45, 7) is 1.77. The van der Waals surface area contributed by atoms with E-state index < -0.39 is 0 Å². The summed E-state index contributed by atoms with van der Waals surface area (Å²) in [5, 5.41) is 10.8. The SMILES string of the molecule is C[C@H](Sc1nnc(-c2ccccc2N)c(=O)[nH]1)C(=O)NC1CC1. The number of nitrogens with one attached hydrogen (secondary N) is 2. The third-order valence-corrected chi connectivity index (χ3v) is 4.45. The Bertz CT molecular complexity index is 787. The molecular formula is C15H17N5O2S. The lowest BCUT2D eigenvalue weighted by Crippen LogP contribution is -2.32. The number of hydrogen-bond donors (Lipinski definition) is 3. The molecule has 1 aromatic carbocycles. The number of nitrogens with zero attached hydrogens (tertiary/aromatic N) is 2. The van der Waals surface area contributed by atoms with Gasteiger partial charge in [0.2, 0.25) is 5.91 Å². The van der Waals surface area contributed by atoms with Crippen LogP contribution in [0.3, 0.4) is 0 Å². The number of benzene rings is 1. The molecule has 8 heteroatoms. The van der Waals surface area contributed by atoms with Crippen molar-refractivity contribution in [2.75, 3.05) is 5.73 Å². The number of aromatic nitrogens is 3. The summed E-state index contributed by atoms with van der Waals surface area (Å²) in [5.41, 5.74) is 6.65. The van der Waals surface area contributed by atoms with Gasteiger partial charge in [-0.2, -0.15) is 0 Å². The van der Waals surface area contributed by atoms with Crippen molar-refractivity contribution in [3.8, 4) is 11.3 Å². The Morgan fingerprint density at radius 1 is 1.39 bits per heavy atom. The van der Waals surface area contributed by atoms with Crippen LogP contribution in [0.2, 0.25) is 0 Å². The molecular weight excluding hydrogens is 314 g/mol. The number of nitrogens with two attached hydrogens (primary N) is 1. The highest BCUT2D eigenvalue weighted by Crippen LogP contribution is 2.23. The van der Waals surface area contributed by atoms with Gasteiger partial charge in [0.25, 0.3) is 5.56 Å². The van der Waals surface area contributed by atoms with Gasteiger partial charge in [-0.25, -0.2) is 0 Å². The molecule has 1 amide bonds. The molecule has 0 bridgehead atoms. The van der Waals surface area contributed by atoms with Gasteiger partial charge in [0.05, 0.1) is 5.25 Å². The summed E-state index contributed by atoms with van der Waals surface area (Å²) < 4.78 is 0. The van der Waals surface area contributed by atoms with Gasteiger partial charge in [0.1, 0.15) is 0 Å². The molecule has 1 atom stereocenters. The quantitative estimate of drug-likeness (QED) is 0.560. The van der Waals surface area contributed by atoms with Gasteiger partial charge in [-0.15, -0.1) is 10.2 Å². The van der Waals surface area contributed by atoms with Crippen LogP contribution in [0.1, 0.15) is 19.8 Å². The largest absolute Gasteiger partial charge is 0.398 e. The minimum absolute atomic E-state index is 0.0588. The van der Waals surface area contributed by atoms with Crippen molar-refractivity contribution >= 4 is 23.4 Å². The van der Waals surface area contributed by atoms with E-state index in [1.54, 1.807) is 31.2 Å². The third-order valence-electron chi connectivity index (χ3n) is 3.47. The Morgan fingerprint density at radius 3 is 2.78 bits per heavy atom. The predicted octanol–water partition coefficient (Wildman–Crippen LogP) is 1.17. The van der Waals surface area contributed by atoms with E-state index in [9.17, 15) is 9.59 Å². The topological polar surface area (TPSA) is 114 Å². The number of H-pyrrole nitrogens is 1. The fourth-order valence-electron chi connectivity index (χ4n) is 2.03. The molecule has 1 aromatic heterocycles. The fourth-order valence-corrected chi connectivity index (χ4v) is 2.78. The highest BCUT2D eigenvalue weighted by atomic mass is 32.2. The zero-order chi connectivity index (χ0) is 16.4. The van der Waals surface area contributed by atoms with E-state index in [0.29, 0.717) is 22.4 Å². The summed E-state index contributed by atoms with van der Waals surface area (Å²) in [5.74, 6) is -0.0588. The van der Waals surface area contributed by atoms with E-state index in [1.165, 1.54) is 11.8 Å². The van der Waals surface area contributed by atoms with Crippen LogP contribution in [0.25, 0.3) is 11.3 Å². The number of thioether (sulfide) groups is 1. The molecule has 0 aliphatic heterocycles. The zero-order valence-electron chi connectivity index (χ0n) is 12.6. The summed E-state index contributed by atoms with van der Waals surface area (Å²) in [7, 11) is 0. The van der Waals surface area contributed by atoms with Crippen LogP contribution in [0.4, 0.5) is 5.69 Å². The number of nitrogen functional groups attached to an aromatic ring is 1. The van der Waals surface area contributed by atoms with E-state index in [1.807, 2.05) is 0 Å². The molecule has 1 heterocycles. The maximum Gasteiger partial charge on any atom is 0.278 e. The number of rotatable bonds is 5. The van der Waals surface area contributed by atoms with Crippen molar-refractivity contribution in [1.82, 2.24) is 20.5 Å². The normalized spacial score (nSPS) is 15.2. The van der Waals surface area contributed by atoms with Gasteiger partial charge in [0.15, 0.2) is 10.9 Å². The molecule has 0 saturated heterocycles. The molecule has 1 aliphatic rings. The first-order valence-electron chi connectivity index (χ1n) is 7.33. The molecule has 2 aromatic rings. The third kappa shape index (κ3) is 3.70. The van der Waals surface area contributed by atoms with Crippen molar-refractivity contribution in [1.29, 1.82) is 0 Å². The van der Waals surface area contributed by atoms with Gasteiger partial charge in [-0.05, 0) is 25.8 Å². The minimum Gasteiger partial charge on any atom is -0.398 e. The smallest absolute Gasteiger partial charge is 0.278 e. The van der Waals surface area contributed by atoms with Crippen molar-refractivity contribution < 1.29 is 4.79 Å². The standard InChI is InChI=1S/C15H17N5O2S/c1-8(13(21)17-9-6-7-9)23-15-18-14(22)12(19-20-15)10-4-2-3-5-11(10)16/h2-5,8-9H,6-7,16H2,1H3,(H,17,21)(H,18,20,22)/t8-/m0/s1. The second-order valence-electron chi connectivity index (χ2n) is 5.44. The predicted molar refractivity (Wildman–Crippen MR) is 89.0 cm³/mol. The first-order valence-corrected chi connectivity index (χ1v) is 8.21. The lowest BCUT2D eigenvalue weighted by Gasteiger charge is -2.10. The fraction of sp³-hybridized carbons (Fsp3) is 0.333. The average Bonchev–Trinajstić information content (AvgIpc) is 3.32. The number of carbonyl (C=O) groups excluding carboxylic acids is 1. The van der Waals surface area contributed by atoms with Crippen LogP contribution in [0.5, 0.6) is 0 Å². The maximum absolute atomic E-state index is 12.2. The number of amides is 1. The Labute approximate surface area is 137 Å². The van der Waals surface area contributed by atoms with E-state index in [2.05, 4.69) is 20.5 Å². The van der Waals surface area contributed by atoms with Crippen LogP contribution < -0.4 is 16.6 Å².